The number of anilines is 3. The van der Waals surface area contributed by atoms with Crippen molar-refractivity contribution in [3.8, 4) is 0 Å². The van der Waals surface area contributed by atoms with Crippen LogP contribution in [0.25, 0.3) is 0 Å². The lowest BCUT2D eigenvalue weighted by atomic mass is 10.1. The van der Waals surface area contributed by atoms with Gasteiger partial charge in [0.1, 0.15) is 0 Å². The highest BCUT2D eigenvalue weighted by molar-refractivity contribution is 6.24. The minimum atomic E-state index is -0.405. The fourth-order valence-electron chi connectivity index (χ4n) is 3.40. The summed E-state index contributed by atoms with van der Waals surface area (Å²) in [6.07, 6.45) is 3.38. The SMILES string of the molecule is CN1CCC(NC(=O)N2C(=O)c3ccccc3Nc3ncccc32)CC1. The molecule has 0 unspecified atom stereocenters. The lowest BCUT2D eigenvalue weighted by Crippen LogP contribution is -2.50. The van der Waals surface area contributed by atoms with E-state index < -0.39 is 6.03 Å². The van der Waals surface area contributed by atoms with E-state index in [4.69, 9.17) is 0 Å². The van der Waals surface area contributed by atoms with Crippen LogP contribution in [0.3, 0.4) is 0 Å². The van der Waals surface area contributed by atoms with Crippen LogP contribution < -0.4 is 15.5 Å². The molecule has 0 bridgehead atoms. The Balaban J connectivity index is 1.67. The van der Waals surface area contributed by atoms with Crippen molar-refractivity contribution in [1.29, 1.82) is 0 Å². The summed E-state index contributed by atoms with van der Waals surface area (Å²) in [6.45, 7) is 1.86. The number of aromatic nitrogens is 1. The molecule has 0 spiro atoms. The van der Waals surface area contributed by atoms with Crippen molar-refractivity contribution < 1.29 is 9.59 Å². The van der Waals surface area contributed by atoms with E-state index in [9.17, 15) is 9.59 Å². The van der Waals surface area contributed by atoms with E-state index in [2.05, 4.69) is 27.6 Å². The third-order valence-electron chi connectivity index (χ3n) is 4.89. The predicted octanol–water partition coefficient (Wildman–Crippen LogP) is 2.59. The van der Waals surface area contributed by atoms with E-state index in [1.54, 1.807) is 30.5 Å². The molecule has 7 heteroatoms. The molecule has 2 aliphatic rings. The number of hydrogen-bond donors (Lipinski definition) is 2. The number of pyridine rings is 1. The molecule has 26 heavy (non-hydrogen) atoms. The number of imide groups is 1. The van der Waals surface area contributed by atoms with Gasteiger partial charge in [0.2, 0.25) is 0 Å². The van der Waals surface area contributed by atoms with Gasteiger partial charge in [-0.15, -0.1) is 0 Å². The number of carbonyl (C=O) groups is 2. The van der Waals surface area contributed by atoms with Gasteiger partial charge in [-0.25, -0.2) is 14.7 Å². The second kappa shape index (κ2) is 6.76. The van der Waals surface area contributed by atoms with Crippen LogP contribution in [0.1, 0.15) is 23.2 Å². The molecule has 1 fully saturated rings. The van der Waals surface area contributed by atoms with E-state index in [0.29, 0.717) is 22.8 Å². The Bertz CT molecular complexity index is 845. The maximum Gasteiger partial charge on any atom is 0.329 e. The van der Waals surface area contributed by atoms with Crippen molar-refractivity contribution >= 4 is 29.1 Å². The topological polar surface area (TPSA) is 77.6 Å². The van der Waals surface area contributed by atoms with Crippen LogP contribution >= 0.6 is 0 Å². The van der Waals surface area contributed by atoms with E-state index in [1.165, 1.54) is 4.90 Å². The van der Waals surface area contributed by atoms with Gasteiger partial charge in [-0.1, -0.05) is 12.1 Å². The molecule has 1 aromatic carbocycles. The van der Waals surface area contributed by atoms with E-state index >= 15 is 0 Å². The number of para-hydroxylation sites is 1. The average molecular weight is 351 g/mol. The Labute approximate surface area is 152 Å². The quantitative estimate of drug-likeness (QED) is 0.826. The highest BCUT2D eigenvalue weighted by Crippen LogP contribution is 2.34. The number of urea groups is 1. The van der Waals surface area contributed by atoms with Gasteiger partial charge in [0.05, 0.1) is 16.9 Å². The molecular formula is C19H21N5O2. The fraction of sp³-hybridized carbons (Fsp3) is 0.316. The molecule has 134 valence electrons. The van der Waals surface area contributed by atoms with E-state index in [0.717, 1.165) is 25.9 Å². The minimum Gasteiger partial charge on any atom is -0.338 e. The zero-order chi connectivity index (χ0) is 18.1. The van der Waals surface area contributed by atoms with E-state index in [-0.39, 0.29) is 11.9 Å². The van der Waals surface area contributed by atoms with Gasteiger partial charge in [-0.05, 0) is 57.2 Å². The number of benzene rings is 1. The van der Waals surface area contributed by atoms with Crippen molar-refractivity contribution in [3.05, 3.63) is 48.2 Å². The first-order valence-corrected chi connectivity index (χ1v) is 8.78. The molecule has 2 aromatic rings. The highest BCUT2D eigenvalue weighted by Gasteiger charge is 2.33. The second-order valence-corrected chi connectivity index (χ2v) is 6.71. The van der Waals surface area contributed by atoms with Crippen molar-refractivity contribution in [3.63, 3.8) is 0 Å². The summed E-state index contributed by atoms with van der Waals surface area (Å²) in [4.78, 5) is 33.9. The van der Waals surface area contributed by atoms with Crippen molar-refractivity contribution in [1.82, 2.24) is 15.2 Å². The number of fused-ring (bicyclic) bond motifs is 2. The number of amides is 3. The first-order valence-electron chi connectivity index (χ1n) is 8.78. The van der Waals surface area contributed by atoms with Crippen LogP contribution in [-0.2, 0) is 0 Å². The highest BCUT2D eigenvalue weighted by atomic mass is 16.2. The van der Waals surface area contributed by atoms with Gasteiger partial charge in [0.25, 0.3) is 5.91 Å². The van der Waals surface area contributed by atoms with Gasteiger partial charge in [0.15, 0.2) is 5.82 Å². The maximum absolute atomic E-state index is 13.1. The summed E-state index contributed by atoms with van der Waals surface area (Å²) in [7, 11) is 2.07. The summed E-state index contributed by atoms with van der Waals surface area (Å²) in [5, 5.41) is 6.19. The maximum atomic E-state index is 13.1. The summed E-state index contributed by atoms with van der Waals surface area (Å²) < 4.78 is 0. The lowest BCUT2D eigenvalue weighted by Gasteiger charge is -2.31. The fourth-order valence-corrected chi connectivity index (χ4v) is 3.40. The number of hydrogen-bond acceptors (Lipinski definition) is 5. The Morgan fingerprint density at radius 1 is 1.19 bits per heavy atom. The van der Waals surface area contributed by atoms with Crippen molar-refractivity contribution in [2.75, 3.05) is 30.4 Å². The molecule has 2 aliphatic heterocycles. The summed E-state index contributed by atoms with van der Waals surface area (Å²) in [5.41, 5.74) is 1.55. The number of carbonyl (C=O) groups excluding carboxylic acids is 2. The van der Waals surface area contributed by atoms with Gasteiger partial charge >= 0.3 is 6.03 Å². The van der Waals surface area contributed by atoms with Crippen LogP contribution in [-0.4, -0.2) is 48.0 Å². The molecule has 1 aromatic heterocycles. The Morgan fingerprint density at radius 3 is 2.77 bits per heavy atom. The zero-order valence-electron chi connectivity index (χ0n) is 14.6. The Hall–Kier alpha value is -2.93. The predicted molar refractivity (Wildman–Crippen MR) is 99.8 cm³/mol. The molecule has 3 amide bonds. The number of nitrogens with zero attached hydrogens (tertiary/aromatic N) is 3. The summed E-state index contributed by atoms with van der Waals surface area (Å²) in [5.74, 6) is 0.134. The number of likely N-dealkylation sites (tertiary alicyclic amines) is 1. The van der Waals surface area contributed by atoms with Gasteiger partial charge in [0, 0.05) is 12.2 Å². The molecule has 4 rings (SSSR count). The molecule has 0 saturated carbocycles. The smallest absolute Gasteiger partial charge is 0.329 e. The summed E-state index contributed by atoms with van der Waals surface area (Å²) >= 11 is 0. The molecule has 0 atom stereocenters. The molecule has 2 N–H and O–H groups in total. The van der Waals surface area contributed by atoms with Gasteiger partial charge in [-0.2, -0.15) is 0 Å². The standard InChI is InChI=1S/C19H21N5O2/c1-23-11-8-13(9-12-23)21-19(26)24-16-7-4-10-20-17(16)22-15-6-3-2-5-14(15)18(24)25/h2-7,10,13H,8-9,11-12H2,1H3,(H,20,22)(H,21,26). The van der Waals surface area contributed by atoms with Crippen LogP contribution in [0.2, 0.25) is 0 Å². The van der Waals surface area contributed by atoms with Crippen LogP contribution in [0.5, 0.6) is 0 Å². The van der Waals surface area contributed by atoms with E-state index in [1.807, 2.05) is 12.1 Å². The average Bonchev–Trinajstić information content (AvgIpc) is 2.77. The molecule has 1 saturated heterocycles. The zero-order valence-corrected chi connectivity index (χ0v) is 14.6. The van der Waals surface area contributed by atoms with Gasteiger partial charge < -0.3 is 15.5 Å². The number of nitrogens with one attached hydrogen (secondary N) is 2. The van der Waals surface area contributed by atoms with Crippen LogP contribution in [0, 0.1) is 0 Å². The number of rotatable bonds is 1. The van der Waals surface area contributed by atoms with Crippen molar-refractivity contribution in [2.45, 2.75) is 18.9 Å². The molecule has 0 radical (unpaired) electrons. The minimum absolute atomic E-state index is 0.0677. The third-order valence-corrected chi connectivity index (χ3v) is 4.89. The molecule has 7 nitrogen and oxygen atoms in total. The summed E-state index contributed by atoms with van der Waals surface area (Å²) in [6, 6.07) is 10.3. The largest absolute Gasteiger partial charge is 0.338 e. The van der Waals surface area contributed by atoms with Crippen LogP contribution in [0.15, 0.2) is 42.6 Å². The number of piperidine rings is 1. The van der Waals surface area contributed by atoms with Gasteiger partial charge in [-0.3, -0.25) is 4.79 Å². The third kappa shape index (κ3) is 3.01. The molecular weight excluding hydrogens is 330 g/mol. The molecule has 3 heterocycles. The van der Waals surface area contributed by atoms with Crippen molar-refractivity contribution in [2.24, 2.45) is 0 Å². The normalized spacial score (nSPS) is 17.7. The second-order valence-electron chi connectivity index (χ2n) is 6.71. The first kappa shape index (κ1) is 16.5. The lowest BCUT2D eigenvalue weighted by molar-refractivity contribution is 0.0994. The Kier molecular flexibility index (Phi) is 4.30. The molecule has 0 aliphatic carbocycles. The first-order chi connectivity index (χ1) is 12.6. The monoisotopic (exact) mass is 351 g/mol. The van der Waals surface area contributed by atoms with Crippen LogP contribution in [0.4, 0.5) is 22.0 Å². The Morgan fingerprint density at radius 2 is 1.96 bits per heavy atom.